The summed E-state index contributed by atoms with van der Waals surface area (Å²) in [7, 11) is -2.03. The van der Waals surface area contributed by atoms with Crippen LogP contribution in [-0.4, -0.2) is 37.7 Å². The summed E-state index contributed by atoms with van der Waals surface area (Å²) in [6, 6.07) is 0. The second-order valence-electron chi connectivity index (χ2n) is 3.55. The van der Waals surface area contributed by atoms with Gasteiger partial charge in [-0.3, -0.25) is 0 Å². The number of hydrogen-bond acceptors (Lipinski definition) is 7. The number of aromatic nitrogens is 2. The zero-order valence-electron chi connectivity index (χ0n) is 9.72. The Hall–Kier alpha value is -1.70. The maximum atomic E-state index is 11.4. The van der Waals surface area contributed by atoms with Crippen LogP contribution in [0.2, 0.25) is 0 Å². The van der Waals surface area contributed by atoms with Gasteiger partial charge in [0.1, 0.15) is 23.0 Å². The highest BCUT2D eigenvalue weighted by Gasteiger charge is 2.18. The first kappa shape index (κ1) is 13.4. The number of nitrogen functional groups attached to an aromatic ring is 1. The number of anilines is 1. The van der Waals surface area contributed by atoms with Crippen LogP contribution in [0.5, 0.6) is 0 Å². The fourth-order valence-corrected chi connectivity index (χ4v) is 1.91. The molecular weight excluding hydrogens is 246 g/mol. The molecule has 1 rings (SSSR count). The monoisotopic (exact) mass is 259 g/mol. The number of nitrogens with two attached hydrogens (primary N) is 1. The molecule has 0 unspecified atom stereocenters. The quantitative estimate of drug-likeness (QED) is 0.741. The topological polar surface area (TPSA) is 112 Å². The highest BCUT2D eigenvalue weighted by molar-refractivity contribution is 7.89. The van der Waals surface area contributed by atoms with Crippen LogP contribution in [0.25, 0.3) is 0 Å². The van der Waals surface area contributed by atoms with Crippen molar-refractivity contribution in [3.63, 3.8) is 0 Å². The average Bonchev–Trinajstić information content (AvgIpc) is 2.13. The van der Waals surface area contributed by atoms with Crippen LogP contribution in [0.3, 0.4) is 0 Å². The Balaban J connectivity index is 3.23. The fourth-order valence-electron chi connectivity index (χ4n) is 1.31. The molecule has 0 radical (unpaired) electrons. The standard InChI is InChI=1S/C9H13N3O4S/c1-5-7(9(13)16-2)8(10)12-6(11-5)4-17(3,14)15/h4H2,1-3H3,(H2,10,11,12). The van der Waals surface area contributed by atoms with E-state index < -0.39 is 15.8 Å². The van der Waals surface area contributed by atoms with Crippen LogP contribution in [0.15, 0.2) is 0 Å². The summed E-state index contributed by atoms with van der Waals surface area (Å²) in [6.07, 6.45) is 1.07. The molecule has 17 heavy (non-hydrogen) atoms. The first-order chi connectivity index (χ1) is 7.74. The number of aryl methyl sites for hydroxylation is 1. The molecule has 0 fully saturated rings. The summed E-state index contributed by atoms with van der Waals surface area (Å²) in [5.74, 6) is -0.983. The lowest BCUT2D eigenvalue weighted by Gasteiger charge is -2.08. The number of rotatable bonds is 3. The molecule has 0 aromatic carbocycles. The van der Waals surface area contributed by atoms with Crippen molar-refractivity contribution in [1.82, 2.24) is 9.97 Å². The van der Waals surface area contributed by atoms with Gasteiger partial charge in [0.25, 0.3) is 0 Å². The van der Waals surface area contributed by atoms with E-state index in [0.717, 1.165) is 6.26 Å². The van der Waals surface area contributed by atoms with Crippen LogP contribution in [-0.2, 0) is 20.3 Å². The fraction of sp³-hybridized carbons (Fsp3) is 0.444. The Labute approximate surface area is 98.9 Å². The van der Waals surface area contributed by atoms with Crippen LogP contribution in [0.1, 0.15) is 21.9 Å². The number of carbonyl (C=O) groups excluding carboxylic acids is 1. The smallest absolute Gasteiger partial charge is 0.343 e. The Bertz CT molecular complexity index is 530. The minimum absolute atomic E-state index is 0.0600. The van der Waals surface area contributed by atoms with Gasteiger partial charge in [-0.2, -0.15) is 0 Å². The van der Waals surface area contributed by atoms with Crippen molar-refractivity contribution in [3.8, 4) is 0 Å². The molecule has 0 atom stereocenters. The normalized spacial score (nSPS) is 11.2. The van der Waals surface area contributed by atoms with Gasteiger partial charge < -0.3 is 10.5 Å². The minimum Gasteiger partial charge on any atom is -0.465 e. The lowest BCUT2D eigenvalue weighted by Crippen LogP contribution is -2.15. The van der Waals surface area contributed by atoms with E-state index in [2.05, 4.69) is 14.7 Å². The summed E-state index contributed by atoms with van der Waals surface area (Å²) >= 11 is 0. The van der Waals surface area contributed by atoms with Crippen LogP contribution >= 0.6 is 0 Å². The predicted octanol–water partition coefficient (Wildman–Crippen LogP) is -0.302. The maximum absolute atomic E-state index is 11.4. The summed E-state index contributed by atoms with van der Waals surface area (Å²) in [6.45, 7) is 1.54. The number of carbonyl (C=O) groups is 1. The molecule has 1 aromatic rings. The number of ether oxygens (including phenoxy) is 1. The van der Waals surface area contributed by atoms with Gasteiger partial charge in [0.05, 0.1) is 12.8 Å². The maximum Gasteiger partial charge on any atom is 0.343 e. The zero-order valence-corrected chi connectivity index (χ0v) is 10.5. The molecule has 0 aliphatic heterocycles. The third-order valence-corrected chi connectivity index (χ3v) is 2.73. The first-order valence-corrected chi connectivity index (χ1v) is 6.69. The van der Waals surface area contributed by atoms with E-state index in [0.29, 0.717) is 5.69 Å². The number of sulfone groups is 1. The molecule has 8 heteroatoms. The van der Waals surface area contributed by atoms with Crippen molar-refractivity contribution in [2.45, 2.75) is 12.7 Å². The number of esters is 1. The molecule has 1 aromatic heterocycles. The Morgan fingerprint density at radius 3 is 2.41 bits per heavy atom. The number of hydrogen-bond donors (Lipinski definition) is 1. The van der Waals surface area contributed by atoms with Crippen molar-refractivity contribution < 1.29 is 17.9 Å². The van der Waals surface area contributed by atoms with Crippen molar-refractivity contribution in [2.24, 2.45) is 0 Å². The molecule has 0 aliphatic carbocycles. The minimum atomic E-state index is -3.25. The van der Waals surface area contributed by atoms with Crippen molar-refractivity contribution >= 4 is 21.6 Å². The highest BCUT2D eigenvalue weighted by Crippen LogP contribution is 2.15. The molecule has 7 nitrogen and oxygen atoms in total. The second kappa shape index (κ2) is 4.66. The summed E-state index contributed by atoms with van der Waals surface area (Å²) < 4.78 is 26.7. The molecule has 2 N–H and O–H groups in total. The molecule has 94 valence electrons. The highest BCUT2D eigenvalue weighted by atomic mass is 32.2. The van der Waals surface area contributed by atoms with Gasteiger partial charge in [0, 0.05) is 6.26 Å². The van der Waals surface area contributed by atoms with Crippen molar-refractivity contribution in [2.75, 3.05) is 19.1 Å². The molecule has 0 amide bonds. The summed E-state index contributed by atoms with van der Waals surface area (Å²) in [5.41, 5.74) is 5.93. The van der Waals surface area contributed by atoms with E-state index in [1.165, 1.54) is 14.0 Å². The van der Waals surface area contributed by atoms with Gasteiger partial charge in [-0.15, -0.1) is 0 Å². The van der Waals surface area contributed by atoms with Gasteiger partial charge in [-0.1, -0.05) is 0 Å². The summed E-state index contributed by atoms with van der Waals surface area (Å²) in [5, 5.41) is 0. The van der Waals surface area contributed by atoms with E-state index in [1.807, 2.05) is 0 Å². The Morgan fingerprint density at radius 2 is 2.00 bits per heavy atom. The van der Waals surface area contributed by atoms with E-state index in [1.54, 1.807) is 0 Å². The van der Waals surface area contributed by atoms with Crippen LogP contribution in [0.4, 0.5) is 5.82 Å². The van der Waals surface area contributed by atoms with E-state index in [4.69, 9.17) is 5.73 Å². The number of nitrogens with zero attached hydrogens (tertiary/aromatic N) is 2. The SMILES string of the molecule is COC(=O)c1c(C)nc(CS(C)(=O)=O)nc1N. The molecule has 0 saturated heterocycles. The van der Waals surface area contributed by atoms with Crippen LogP contribution < -0.4 is 5.73 Å². The third kappa shape index (κ3) is 3.38. The molecule has 0 saturated carbocycles. The van der Waals surface area contributed by atoms with Crippen LogP contribution in [0, 0.1) is 6.92 Å². The van der Waals surface area contributed by atoms with E-state index >= 15 is 0 Å². The number of methoxy groups -OCH3 is 1. The molecule has 0 spiro atoms. The lowest BCUT2D eigenvalue weighted by atomic mass is 10.2. The molecular formula is C9H13N3O4S. The summed E-state index contributed by atoms with van der Waals surface area (Å²) in [4.78, 5) is 19.0. The van der Waals surface area contributed by atoms with Gasteiger partial charge in [-0.05, 0) is 6.92 Å². The van der Waals surface area contributed by atoms with Gasteiger partial charge in [0.2, 0.25) is 0 Å². The first-order valence-electron chi connectivity index (χ1n) is 4.63. The van der Waals surface area contributed by atoms with E-state index in [9.17, 15) is 13.2 Å². The van der Waals surface area contributed by atoms with Gasteiger partial charge in [0.15, 0.2) is 9.84 Å². The Morgan fingerprint density at radius 1 is 1.41 bits per heavy atom. The average molecular weight is 259 g/mol. The van der Waals surface area contributed by atoms with Crippen molar-refractivity contribution in [1.29, 1.82) is 0 Å². The molecule has 0 aliphatic rings. The van der Waals surface area contributed by atoms with Crippen molar-refractivity contribution in [3.05, 3.63) is 17.1 Å². The Kier molecular flexibility index (Phi) is 3.66. The largest absolute Gasteiger partial charge is 0.465 e. The van der Waals surface area contributed by atoms with Gasteiger partial charge in [-0.25, -0.2) is 23.2 Å². The third-order valence-electron chi connectivity index (χ3n) is 1.95. The zero-order chi connectivity index (χ0) is 13.2. The van der Waals surface area contributed by atoms with E-state index in [-0.39, 0.29) is 23.0 Å². The second-order valence-corrected chi connectivity index (χ2v) is 5.69. The van der Waals surface area contributed by atoms with Gasteiger partial charge >= 0.3 is 5.97 Å². The lowest BCUT2D eigenvalue weighted by molar-refractivity contribution is 0.0600. The molecule has 1 heterocycles. The molecule has 0 bridgehead atoms. The predicted molar refractivity (Wildman–Crippen MR) is 61.1 cm³/mol.